The van der Waals surface area contributed by atoms with Gasteiger partial charge in [-0.1, -0.05) is 0 Å². The van der Waals surface area contributed by atoms with Gasteiger partial charge in [-0.25, -0.2) is 4.39 Å². The van der Waals surface area contributed by atoms with Crippen molar-refractivity contribution in [3.63, 3.8) is 0 Å². The predicted octanol–water partition coefficient (Wildman–Crippen LogP) is 0.724. The Hall–Kier alpha value is -1.62. The van der Waals surface area contributed by atoms with Crippen molar-refractivity contribution in [1.82, 2.24) is 5.32 Å². The number of benzene rings is 1. The van der Waals surface area contributed by atoms with Crippen molar-refractivity contribution in [2.24, 2.45) is 5.73 Å². The van der Waals surface area contributed by atoms with E-state index in [2.05, 4.69) is 5.32 Å². The number of hydrogen-bond donors (Lipinski definition) is 2. The molecule has 0 radical (unpaired) electrons. The van der Waals surface area contributed by atoms with Crippen LogP contribution in [0.1, 0.15) is 16.8 Å². The zero-order chi connectivity index (χ0) is 12.3. The lowest BCUT2D eigenvalue weighted by Gasteiger charge is -2.22. The Morgan fingerprint density at radius 2 is 2.18 bits per heavy atom. The maximum absolute atomic E-state index is 13.9. The molecule has 5 heteroatoms. The second kappa shape index (κ2) is 5.14. The van der Waals surface area contributed by atoms with Crippen molar-refractivity contribution in [1.29, 1.82) is 0 Å². The van der Waals surface area contributed by atoms with E-state index >= 15 is 0 Å². The van der Waals surface area contributed by atoms with Gasteiger partial charge in [-0.3, -0.25) is 4.79 Å². The molecule has 1 aliphatic heterocycles. The number of nitrogens with one attached hydrogen (secondary N) is 1. The minimum Gasteiger partial charge on any atom is -0.368 e. The van der Waals surface area contributed by atoms with Gasteiger partial charge in [-0.2, -0.15) is 0 Å². The Morgan fingerprint density at radius 3 is 2.88 bits per heavy atom. The van der Waals surface area contributed by atoms with E-state index in [1.807, 2.05) is 4.90 Å². The zero-order valence-corrected chi connectivity index (χ0v) is 9.58. The Morgan fingerprint density at radius 1 is 1.35 bits per heavy atom. The van der Waals surface area contributed by atoms with E-state index in [1.54, 1.807) is 12.1 Å². The van der Waals surface area contributed by atoms with Gasteiger partial charge < -0.3 is 16.0 Å². The molecule has 0 spiro atoms. The topological polar surface area (TPSA) is 58.4 Å². The molecule has 0 unspecified atom stereocenters. The molecule has 0 aromatic heterocycles. The number of halogens is 1. The Labute approximate surface area is 99.6 Å². The molecule has 4 nitrogen and oxygen atoms in total. The number of primary amides is 1. The molecule has 1 aromatic rings. The van der Waals surface area contributed by atoms with Gasteiger partial charge in [0.05, 0.1) is 5.69 Å². The summed E-state index contributed by atoms with van der Waals surface area (Å²) in [6, 6.07) is 4.40. The molecule has 92 valence electrons. The van der Waals surface area contributed by atoms with E-state index in [1.165, 1.54) is 6.07 Å². The van der Waals surface area contributed by atoms with Gasteiger partial charge in [0.15, 0.2) is 0 Å². The van der Waals surface area contributed by atoms with Crippen molar-refractivity contribution in [3.8, 4) is 0 Å². The van der Waals surface area contributed by atoms with E-state index in [4.69, 9.17) is 5.73 Å². The van der Waals surface area contributed by atoms with Crippen molar-refractivity contribution in [2.45, 2.75) is 6.42 Å². The molecule has 1 saturated heterocycles. The first-order chi connectivity index (χ1) is 8.18. The van der Waals surface area contributed by atoms with E-state index in [0.29, 0.717) is 5.69 Å². The molecule has 3 N–H and O–H groups in total. The Bertz CT molecular complexity index is 414. The molecule has 2 rings (SSSR count). The summed E-state index contributed by atoms with van der Waals surface area (Å²) in [6.45, 7) is 3.39. The maximum Gasteiger partial charge on any atom is 0.248 e. The number of rotatable bonds is 2. The van der Waals surface area contributed by atoms with Crippen LogP contribution in [0.2, 0.25) is 0 Å². The van der Waals surface area contributed by atoms with Gasteiger partial charge in [0.2, 0.25) is 5.91 Å². The van der Waals surface area contributed by atoms with Crippen molar-refractivity contribution in [2.75, 3.05) is 31.1 Å². The van der Waals surface area contributed by atoms with E-state index < -0.39 is 5.91 Å². The van der Waals surface area contributed by atoms with Gasteiger partial charge in [0.25, 0.3) is 0 Å². The average Bonchev–Trinajstić information content (AvgIpc) is 2.57. The van der Waals surface area contributed by atoms with Crippen LogP contribution in [-0.2, 0) is 0 Å². The molecular weight excluding hydrogens is 221 g/mol. The fourth-order valence-electron chi connectivity index (χ4n) is 2.00. The number of carbonyl (C=O) groups excluding carboxylic acids is 1. The van der Waals surface area contributed by atoms with Crippen LogP contribution in [0.25, 0.3) is 0 Å². The smallest absolute Gasteiger partial charge is 0.248 e. The molecule has 1 aromatic carbocycles. The zero-order valence-electron chi connectivity index (χ0n) is 9.58. The van der Waals surface area contributed by atoms with Crippen LogP contribution in [-0.4, -0.2) is 32.1 Å². The summed E-state index contributed by atoms with van der Waals surface area (Å²) >= 11 is 0. The number of nitrogens with two attached hydrogens (primary N) is 1. The van der Waals surface area contributed by atoms with Crippen LogP contribution >= 0.6 is 0 Å². The molecule has 1 heterocycles. The van der Waals surface area contributed by atoms with Crippen LogP contribution in [0.4, 0.5) is 10.1 Å². The average molecular weight is 237 g/mol. The summed E-state index contributed by atoms with van der Waals surface area (Å²) in [7, 11) is 0. The molecule has 0 saturated carbocycles. The van der Waals surface area contributed by atoms with Gasteiger partial charge in [0, 0.05) is 25.2 Å². The highest BCUT2D eigenvalue weighted by Gasteiger charge is 2.14. The lowest BCUT2D eigenvalue weighted by atomic mass is 10.1. The third-order valence-electron chi connectivity index (χ3n) is 2.91. The molecular formula is C12H16FN3O. The number of amides is 1. The Balaban J connectivity index is 2.22. The molecule has 1 amide bonds. The summed E-state index contributed by atoms with van der Waals surface area (Å²) in [5.41, 5.74) is 5.86. The second-order valence-corrected chi connectivity index (χ2v) is 4.12. The SMILES string of the molecule is NC(=O)c1ccc(N2CCCNCC2)c(F)c1. The minimum absolute atomic E-state index is 0.208. The molecule has 17 heavy (non-hydrogen) atoms. The maximum atomic E-state index is 13.9. The van der Waals surface area contributed by atoms with Gasteiger partial charge >= 0.3 is 0 Å². The predicted molar refractivity (Wildman–Crippen MR) is 64.6 cm³/mol. The van der Waals surface area contributed by atoms with Crippen molar-refractivity contribution < 1.29 is 9.18 Å². The third-order valence-corrected chi connectivity index (χ3v) is 2.91. The van der Waals surface area contributed by atoms with Crippen LogP contribution in [0.5, 0.6) is 0 Å². The van der Waals surface area contributed by atoms with Gasteiger partial charge in [-0.05, 0) is 31.2 Å². The summed E-state index contributed by atoms with van der Waals surface area (Å²) in [4.78, 5) is 12.9. The first-order valence-corrected chi connectivity index (χ1v) is 5.73. The first-order valence-electron chi connectivity index (χ1n) is 5.73. The van der Waals surface area contributed by atoms with Crippen molar-refractivity contribution in [3.05, 3.63) is 29.6 Å². The molecule has 1 fully saturated rings. The number of anilines is 1. The molecule has 0 bridgehead atoms. The quantitative estimate of drug-likeness (QED) is 0.797. The van der Waals surface area contributed by atoms with E-state index in [9.17, 15) is 9.18 Å². The fraction of sp³-hybridized carbons (Fsp3) is 0.417. The third kappa shape index (κ3) is 2.74. The second-order valence-electron chi connectivity index (χ2n) is 4.12. The first kappa shape index (κ1) is 11.9. The summed E-state index contributed by atoms with van der Waals surface area (Å²) < 4.78 is 13.9. The lowest BCUT2D eigenvalue weighted by Crippen LogP contribution is -2.28. The van der Waals surface area contributed by atoms with Gasteiger partial charge in [0.1, 0.15) is 5.82 Å². The fourth-order valence-corrected chi connectivity index (χ4v) is 2.00. The van der Waals surface area contributed by atoms with E-state index in [0.717, 1.165) is 32.6 Å². The molecule has 1 aliphatic rings. The summed E-state index contributed by atoms with van der Waals surface area (Å²) in [5, 5.41) is 3.26. The normalized spacial score (nSPS) is 16.6. The minimum atomic E-state index is -0.604. The van der Waals surface area contributed by atoms with E-state index in [-0.39, 0.29) is 11.4 Å². The van der Waals surface area contributed by atoms with Crippen LogP contribution in [0, 0.1) is 5.82 Å². The Kier molecular flexibility index (Phi) is 3.58. The summed E-state index contributed by atoms with van der Waals surface area (Å²) in [6.07, 6.45) is 0.983. The highest BCUT2D eigenvalue weighted by atomic mass is 19.1. The highest BCUT2D eigenvalue weighted by Crippen LogP contribution is 2.21. The van der Waals surface area contributed by atoms with Crippen LogP contribution in [0.3, 0.4) is 0 Å². The number of carbonyl (C=O) groups is 1. The van der Waals surface area contributed by atoms with Crippen LogP contribution in [0.15, 0.2) is 18.2 Å². The summed E-state index contributed by atoms with van der Waals surface area (Å²) in [5.74, 6) is -0.990. The van der Waals surface area contributed by atoms with Crippen LogP contribution < -0.4 is 16.0 Å². The standard InChI is InChI=1S/C12H16FN3O/c13-10-8-9(12(14)17)2-3-11(10)16-6-1-4-15-5-7-16/h2-3,8,15H,1,4-7H2,(H2,14,17). The monoisotopic (exact) mass is 237 g/mol. The van der Waals surface area contributed by atoms with Gasteiger partial charge in [-0.15, -0.1) is 0 Å². The highest BCUT2D eigenvalue weighted by molar-refractivity contribution is 5.93. The lowest BCUT2D eigenvalue weighted by molar-refractivity contribution is 0.1000. The number of nitrogens with zero attached hydrogens (tertiary/aromatic N) is 1. The largest absolute Gasteiger partial charge is 0.368 e. The molecule has 0 aliphatic carbocycles. The van der Waals surface area contributed by atoms with Crippen molar-refractivity contribution >= 4 is 11.6 Å². The molecule has 0 atom stereocenters. The number of hydrogen-bond acceptors (Lipinski definition) is 3.